The molecule has 0 saturated heterocycles. The summed E-state index contributed by atoms with van der Waals surface area (Å²) >= 11 is 0. The molecular weight excluding hydrogens is 282 g/mol. The van der Waals surface area contributed by atoms with E-state index in [1.165, 1.54) is 24.2 Å². The zero-order valence-corrected chi connectivity index (χ0v) is 12.7. The molecule has 0 aliphatic carbocycles. The molecule has 1 heterocycles. The SMILES string of the molecule is CC=CC=CC(=O)N1CCc2ccc(O)cc2C1C(=O)OC. The number of allylic oxidation sites excluding steroid dienone is 3. The van der Waals surface area contributed by atoms with Crippen molar-refractivity contribution in [1.82, 2.24) is 4.90 Å². The summed E-state index contributed by atoms with van der Waals surface area (Å²) in [5, 5.41) is 9.68. The van der Waals surface area contributed by atoms with Crippen LogP contribution in [-0.2, 0) is 20.7 Å². The largest absolute Gasteiger partial charge is 0.508 e. The number of rotatable bonds is 3. The Labute approximate surface area is 129 Å². The molecule has 22 heavy (non-hydrogen) atoms. The van der Waals surface area contributed by atoms with Gasteiger partial charge < -0.3 is 14.7 Å². The first kappa shape index (κ1) is 15.8. The van der Waals surface area contributed by atoms with E-state index in [4.69, 9.17) is 4.74 Å². The van der Waals surface area contributed by atoms with Gasteiger partial charge in [0.25, 0.3) is 0 Å². The maximum Gasteiger partial charge on any atom is 0.333 e. The van der Waals surface area contributed by atoms with Crippen molar-refractivity contribution >= 4 is 11.9 Å². The third-order valence-electron chi connectivity index (χ3n) is 3.61. The summed E-state index contributed by atoms with van der Waals surface area (Å²) < 4.78 is 4.84. The summed E-state index contributed by atoms with van der Waals surface area (Å²) in [6.07, 6.45) is 7.24. The molecule has 5 heteroatoms. The number of benzene rings is 1. The zero-order valence-electron chi connectivity index (χ0n) is 12.7. The Morgan fingerprint density at radius 1 is 1.36 bits per heavy atom. The topological polar surface area (TPSA) is 66.8 Å². The van der Waals surface area contributed by atoms with E-state index in [9.17, 15) is 14.7 Å². The van der Waals surface area contributed by atoms with E-state index in [1.54, 1.807) is 24.3 Å². The van der Waals surface area contributed by atoms with E-state index in [0.29, 0.717) is 18.5 Å². The maximum atomic E-state index is 12.3. The number of hydrogen-bond acceptors (Lipinski definition) is 4. The third kappa shape index (κ3) is 3.19. The van der Waals surface area contributed by atoms with E-state index in [-0.39, 0.29) is 11.7 Å². The molecule has 5 nitrogen and oxygen atoms in total. The second-order valence-corrected chi connectivity index (χ2v) is 4.98. The Balaban J connectivity index is 2.39. The van der Waals surface area contributed by atoms with Gasteiger partial charge in [-0.3, -0.25) is 4.79 Å². The Morgan fingerprint density at radius 2 is 2.14 bits per heavy atom. The van der Waals surface area contributed by atoms with Gasteiger partial charge in [0.05, 0.1) is 7.11 Å². The fourth-order valence-electron chi connectivity index (χ4n) is 2.55. The fourth-order valence-corrected chi connectivity index (χ4v) is 2.55. The molecule has 0 aromatic heterocycles. The molecular formula is C17H19NO4. The van der Waals surface area contributed by atoms with Gasteiger partial charge >= 0.3 is 5.97 Å². The summed E-state index contributed by atoms with van der Waals surface area (Å²) in [5.74, 6) is -0.715. The molecule has 1 aromatic carbocycles. The van der Waals surface area contributed by atoms with Crippen LogP contribution in [-0.4, -0.2) is 35.5 Å². The molecule has 1 atom stereocenters. The van der Waals surface area contributed by atoms with Crippen LogP contribution in [0, 0.1) is 0 Å². The number of amides is 1. The van der Waals surface area contributed by atoms with Gasteiger partial charge in [-0.05, 0) is 36.6 Å². The number of phenols is 1. The number of nitrogens with zero attached hydrogens (tertiary/aromatic N) is 1. The van der Waals surface area contributed by atoms with E-state index < -0.39 is 12.0 Å². The van der Waals surface area contributed by atoms with Gasteiger partial charge in [0, 0.05) is 12.6 Å². The highest BCUT2D eigenvalue weighted by molar-refractivity contribution is 5.92. The number of methoxy groups -OCH3 is 1. The summed E-state index contributed by atoms with van der Waals surface area (Å²) in [5.41, 5.74) is 1.56. The summed E-state index contributed by atoms with van der Waals surface area (Å²) in [7, 11) is 1.29. The van der Waals surface area contributed by atoms with Crippen LogP contribution in [0.3, 0.4) is 0 Å². The lowest BCUT2D eigenvalue weighted by atomic mass is 9.92. The van der Waals surface area contributed by atoms with Crippen LogP contribution in [0.15, 0.2) is 42.5 Å². The summed E-state index contributed by atoms with van der Waals surface area (Å²) in [6.45, 7) is 2.28. The van der Waals surface area contributed by atoms with Crippen LogP contribution in [0.5, 0.6) is 5.75 Å². The lowest BCUT2D eigenvalue weighted by molar-refractivity contribution is -0.152. The van der Waals surface area contributed by atoms with Crippen LogP contribution in [0.4, 0.5) is 0 Å². The third-order valence-corrected chi connectivity index (χ3v) is 3.61. The molecule has 1 N–H and O–H groups in total. The minimum absolute atomic E-state index is 0.0615. The second kappa shape index (κ2) is 6.93. The molecule has 1 amide bonds. The summed E-state index contributed by atoms with van der Waals surface area (Å²) in [6, 6.07) is 4.05. The molecule has 1 aliphatic heterocycles. The Bertz CT molecular complexity index is 634. The van der Waals surface area contributed by atoms with Gasteiger partial charge in [0.2, 0.25) is 5.91 Å². The number of esters is 1. The molecule has 0 bridgehead atoms. The Hall–Kier alpha value is -2.56. The van der Waals surface area contributed by atoms with Crippen molar-refractivity contribution < 1.29 is 19.4 Å². The van der Waals surface area contributed by atoms with Gasteiger partial charge in [-0.2, -0.15) is 0 Å². The number of aromatic hydroxyl groups is 1. The minimum Gasteiger partial charge on any atom is -0.508 e. The van der Waals surface area contributed by atoms with Crippen LogP contribution in [0.25, 0.3) is 0 Å². The first-order chi connectivity index (χ1) is 10.6. The normalized spacial score (nSPS) is 17.7. The van der Waals surface area contributed by atoms with Crippen LogP contribution in [0.1, 0.15) is 24.1 Å². The molecule has 1 aliphatic rings. The van der Waals surface area contributed by atoms with Gasteiger partial charge in [-0.15, -0.1) is 0 Å². The second-order valence-electron chi connectivity index (χ2n) is 4.98. The standard InChI is InChI=1S/C17H19NO4/c1-3-4-5-6-15(20)18-10-9-12-7-8-13(19)11-14(12)16(18)17(21)22-2/h3-8,11,16,19H,9-10H2,1-2H3. The molecule has 0 saturated carbocycles. The van der Waals surface area contributed by atoms with E-state index >= 15 is 0 Å². The highest BCUT2D eigenvalue weighted by atomic mass is 16.5. The Morgan fingerprint density at radius 3 is 2.82 bits per heavy atom. The van der Waals surface area contributed by atoms with Gasteiger partial charge in [0.15, 0.2) is 6.04 Å². The first-order valence-corrected chi connectivity index (χ1v) is 7.08. The van der Waals surface area contributed by atoms with Crippen molar-refractivity contribution in [3.63, 3.8) is 0 Å². The highest BCUT2D eigenvalue weighted by Crippen LogP contribution is 2.33. The van der Waals surface area contributed by atoms with Crippen molar-refractivity contribution in [2.45, 2.75) is 19.4 Å². The Kier molecular flexibility index (Phi) is 4.99. The van der Waals surface area contributed by atoms with Crippen LogP contribution < -0.4 is 0 Å². The zero-order chi connectivity index (χ0) is 16.1. The number of ether oxygens (including phenoxy) is 1. The van der Waals surface area contributed by atoms with Crippen molar-refractivity contribution in [3.05, 3.63) is 53.6 Å². The van der Waals surface area contributed by atoms with Crippen LogP contribution in [0.2, 0.25) is 0 Å². The number of phenolic OH excluding ortho intramolecular Hbond substituents is 1. The average Bonchev–Trinajstić information content (AvgIpc) is 2.53. The van der Waals surface area contributed by atoms with Gasteiger partial charge in [-0.1, -0.05) is 24.3 Å². The number of hydrogen-bond donors (Lipinski definition) is 1. The monoisotopic (exact) mass is 301 g/mol. The van der Waals surface area contributed by atoms with E-state index in [0.717, 1.165) is 5.56 Å². The average molecular weight is 301 g/mol. The fraction of sp³-hybridized carbons (Fsp3) is 0.294. The molecule has 2 rings (SSSR count). The summed E-state index contributed by atoms with van der Waals surface area (Å²) in [4.78, 5) is 25.9. The number of carbonyl (C=O) groups excluding carboxylic acids is 2. The lowest BCUT2D eigenvalue weighted by Crippen LogP contribution is -2.43. The predicted molar refractivity (Wildman–Crippen MR) is 82.2 cm³/mol. The van der Waals surface area contributed by atoms with Crippen molar-refractivity contribution in [2.24, 2.45) is 0 Å². The minimum atomic E-state index is -0.830. The molecule has 0 spiro atoms. The number of carbonyl (C=O) groups is 2. The quantitative estimate of drug-likeness (QED) is 0.527. The van der Waals surface area contributed by atoms with E-state index in [1.807, 2.05) is 13.0 Å². The van der Waals surface area contributed by atoms with Crippen molar-refractivity contribution in [2.75, 3.05) is 13.7 Å². The van der Waals surface area contributed by atoms with Crippen molar-refractivity contribution in [1.29, 1.82) is 0 Å². The maximum absolute atomic E-state index is 12.3. The molecule has 1 unspecified atom stereocenters. The number of fused-ring (bicyclic) bond motifs is 1. The van der Waals surface area contributed by atoms with E-state index in [2.05, 4.69) is 0 Å². The molecule has 116 valence electrons. The molecule has 1 aromatic rings. The van der Waals surface area contributed by atoms with Gasteiger partial charge in [-0.25, -0.2) is 4.79 Å². The predicted octanol–water partition coefficient (Wildman–Crippen LogP) is 2.12. The molecule has 0 radical (unpaired) electrons. The van der Waals surface area contributed by atoms with Crippen LogP contribution >= 0.6 is 0 Å². The lowest BCUT2D eigenvalue weighted by Gasteiger charge is -2.34. The first-order valence-electron chi connectivity index (χ1n) is 7.08. The van der Waals surface area contributed by atoms with Crippen molar-refractivity contribution in [3.8, 4) is 5.75 Å². The molecule has 0 fully saturated rings. The highest BCUT2D eigenvalue weighted by Gasteiger charge is 2.36. The van der Waals surface area contributed by atoms with Gasteiger partial charge in [0.1, 0.15) is 5.75 Å². The smallest absolute Gasteiger partial charge is 0.333 e.